The average Bonchev–Trinajstić information content (AvgIpc) is 3.19. The van der Waals surface area contributed by atoms with E-state index in [0.29, 0.717) is 24.9 Å². The molecule has 3 aromatic rings. The minimum atomic E-state index is -1.17. The van der Waals surface area contributed by atoms with E-state index in [2.05, 4.69) is 5.32 Å². The second-order valence-electron chi connectivity index (χ2n) is 10.2. The van der Waals surface area contributed by atoms with E-state index in [1.165, 1.54) is 29.2 Å². The Labute approximate surface area is 229 Å². The number of unbranched alkanes of at least 4 members (excludes halogenated alkanes) is 2. The number of carbonyl (C=O) groups is 3. The van der Waals surface area contributed by atoms with Crippen LogP contribution in [0.15, 0.2) is 72.8 Å². The highest BCUT2D eigenvalue weighted by atomic mass is 35.5. The molecule has 0 spiro atoms. The molecule has 7 rings (SSSR count). The molecule has 4 aliphatic rings. The number of imide groups is 1. The fraction of sp³-hybridized carbons (Fsp3) is 0.300. The predicted molar refractivity (Wildman–Crippen MR) is 143 cm³/mol. The van der Waals surface area contributed by atoms with Crippen molar-refractivity contribution >= 4 is 46.6 Å². The number of amides is 3. The molecule has 0 unspecified atom stereocenters. The van der Waals surface area contributed by atoms with Crippen molar-refractivity contribution in [1.29, 1.82) is 0 Å². The molecule has 3 aliphatic carbocycles. The summed E-state index contributed by atoms with van der Waals surface area (Å²) in [5.74, 6) is -2.71. The standard InChI is InChI=1S/C30H25Cl2FN2O3/c31-29-20-8-3-4-9-21(20)30(32,23-11-6-5-10-22(23)29)26-25(29)27(37)35(28(26)38)17-7-1-2-12-24(36)34-19-15-13-18(33)14-16-19/h3-6,8-11,13-16,25-26H,1-2,7,12,17H2,(H,34,36)/t25-,26+,29?,30?. The summed E-state index contributed by atoms with van der Waals surface area (Å²) in [6.45, 7) is 0.247. The molecule has 0 aromatic heterocycles. The van der Waals surface area contributed by atoms with Crippen LogP contribution >= 0.6 is 23.2 Å². The third-order valence-corrected chi connectivity index (χ3v) is 9.37. The van der Waals surface area contributed by atoms with Gasteiger partial charge in [-0.25, -0.2) is 4.39 Å². The van der Waals surface area contributed by atoms with E-state index in [0.717, 1.165) is 22.3 Å². The first kappa shape index (κ1) is 25.1. The van der Waals surface area contributed by atoms with Gasteiger partial charge in [-0.05, 0) is 59.4 Å². The van der Waals surface area contributed by atoms with Crippen molar-refractivity contribution in [2.24, 2.45) is 11.8 Å². The minimum Gasteiger partial charge on any atom is -0.326 e. The number of hydrogen-bond acceptors (Lipinski definition) is 3. The van der Waals surface area contributed by atoms with Crippen LogP contribution in [0, 0.1) is 17.7 Å². The van der Waals surface area contributed by atoms with E-state index < -0.39 is 21.6 Å². The molecule has 5 nitrogen and oxygen atoms in total. The van der Waals surface area contributed by atoms with Crippen molar-refractivity contribution in [3.05, 3.63) is 101 Å². The Morgan fingerprint density at radius 3 is 1.71 bits per heavy atom. The van der Waals surface area contributed by atoms with Crippen molar-refractivity contribution in [1.82, 2.24) is 4.90 Å². The molecule has 8 heteroatoms. The van der Waals surface area contributed by atoms with Crippen LogP contribution in [0.1, 0.15) is 47.9 Å². The highest BCUT2D eigenvalue weighted by Gasteiger charge is 2.72. The average molecular weight is 551 g/mol. The Morgan fingerprint density at radius 1 is 0.763 bits per heavy atom. The molecule has 2 atom stereocenters. The summed E-state index contributed by atoms with van der Waals surface area (Å²) in [7, 11) is 0. The summed E-state index contributed by atoms with van der Waals surface area (Å²) in [4.78, 5) is 38.7. The van der Waals surface area contributed by atoms with Crippen LogP contribution in [0.25, 0.3) is 0 Å². The Morgan fingerprint density at radius 2 is 1.24 bits per heavy atom. The van der Waals surface area contributed by atoms with Crippen molar-refractivity contribution in [3.8, 4) is 0 Å². The first-order valence-corrected chi connectivity index (χ1v) is 13.5. The van der Waals surface area contributed by atoms with Gasteiger partial charge >= 0.3 is 0 Å². The largest absolute Gasteiger partial charge is 0.326 e. The topological polar surface area (TPSA) is 66.5 Å². The van der Waals surface area contributed by atoms with Gasteiger partial charge in [-0.3, -0.25) is 19.3 Å². The number of halogens is 3. The maximum absolute atomic E-state index is 13.8. The lowest BCUT2D eigenvalue weighted by molar-refractivity contribution is -0.140. The van der Waals surface area contributed by atoms with Gasteiger partial charge in [0.05, 0.1) is 11.8 Å². The van der Waals surface area contributed by atoms with Crippen molar-refractivity contribution in [2.75, 3.05) is 11.9 Å². The molecule has 0 radical (unpaired) electrons. The van der Waals surface area contributed by atoms with Crippen LogP contribution in [0.3, 0.4) is 0 Å². The zero-order valence-electron chi connectivity index (χ0n) is 20.4. The zero-order chi connectivity index (χ0) is 26.7. The minimum absolute atomic E-state index is 0.170. The van der Waals surface area contributed by atoms with Crippen LogP contribution < -0.4 is 5.32 Å². The van der Waals surface area contributed by atoms with Gasteiger partial charge in [-0.2, -0.15) is 0 Å². The molecular formula is C30H25Cl2FN2O3. The van der Waals surface area contributed by atoms with E-state index in [1.54, 1.807) is 0 Å². The molecule has 38 heavy (non-hydrogen) atoms. The third-order valence-electron chi connectivity index (χ3n) is 8.09. The Balaban J connectivity index is 1.16. The zero-order valence-corrected chi connectivity index (χ0v) is 21.9. The van der Waals surface area contributed by atoms with Gasteiger partial charge in [-0.15, -0.1) is 23.2 Å². The number of anilines is 1. The van der Waals surface area contributed by atoms with E-state index in [1.807, 2.05) is 48.5 Å². The molecule has 1 fully saturated rings. The van der Waals surface area contributed by atoms with Gasteiger partial charge in [-0.1, -0.05) is 55.0 Å². The third kappa shape index (κ3) is 3.53. The molecule has 2 bridgehead atoms. The van der Waals surface area contributed by atoms with Gasteiger partial charge < -0.3 is 5.32 Å². The Hall–Kier alpha value is -3.22. The van der Waals surface area contributed by atoms with Gasteiger partial charge in [0, 0.05) is 18.7 Å². The number of alkyl halides is 2. The van der Waals surface area contributed by atoms with E-state index >= 15 is 0 Å². The highest BCUT2D eigenvalue weighted by Crippen LogP contribution is 2.69. The summed E-state index contributed by atoms with van der Waals surface area (Å²) in [5, 5.41) is 2.74. The predicted octanol–water partition coefficient (Wildman–Crippen LogP) is 5.92. The molecule has 0 saturated carbocycles. The van der Waals surface area contributed by atoms with Gasteiger partial charge in [0.1, 0.15) is 15.6 Å². The lowest BCUT2D eigenvalue weighted by Crippen LogP contribution is -2.57. The molecule has 1 heterocycles. The molecule has 194 valence electrons. The SMILES string of the molecule is O=C(CCCCCN1C(=O)[C@@H]2[C@H](C1=O)C1(Cl)c3ccccc3C2(Cl)c2ccccc21)Nc1ccc(F)cc1. The maximum atomic E-state index is 13.8. The molecular weight excluding hydrogens is 526 g/mol. The van der Waals surface area contributed by atoms with Crippen molar-refractivity contribution in [3.63, 3.8) is 0 Å². The number of hydrogen-bond donors (Lipinski definition) is 1. The first-order chi connectivity index (χ1) is 18.3. The molecule has 3 amide bonds. The number of rotatable bonds is 7. The van der Waals surface area contributed by atoms with Crippen LogP contribution in [0.4, 0.5) is 10.1 Å². The number of nitrogens with zero attached hydrogens (tertiary/aromatic N) is 1. The van der Waals surface area contributed by atoms with Crippen LogP contribution in [-0.4, -0.2) is 29.2 Å². The Kier molecular flexibility index (Phi) is 6.08. The van der Waals surface area contributed by atoms with E-state index in [9.17, 15) is 18.8 Å². The van der Waals surface area contributed by atoms with Crippen molar-refractivity contribution < 1.29 is 18.8 Å². The summed E-state index contributed by atoms with van der Waals surface area (Å²) < 4.78 is 13.0. The normalized spacial score (nSPS) is 26.7. The van der Waals surface area contributed by atoms with E-state index in [-0.39, 0.29) is 36.5 Å². The summed E-state index contributed by atoms with van der Waals surface area (Å²) in [5.41, 5.74) is 3.67. The van der Waals surface area contributed by atoms with Gasteiger partial charge in [0.15, 0.2) is 0 Å². The van der Waals surface area contributed by atoms with Gasteiger partial charge in [0.2, 0.25) is 17.7 Å². The number of nitrogens with one attached hydrogen (secondary N) is 1. The van der Waals surface area contributed by atoms with Crippen LogP contribution in [-0.2, 0) is 24.1 Å². The lowest BCUT2D eigenvalue weighted by Gasteiger charge is -2.54. The second kappa shape index (κ2) is 9.21. The smallest absolute Gasteiger partial charge is 0.235 e. The van der Waals surface area contributed by atoms with E-state index in [4.69, 9.17) is 23.2 Å². The second-order valence-corrected chi connectivity index (χ2v) is 11.4. The number of likely N-dealkylation sites (tertiary alicyclic amines) is 1. The first-order valence-electron chi connectivity index (χ1n) is 12.8. The fourth-order valence-electron chi connectivity index (χ4n) is 6.43. The molecule has 1 aliphatic heterocycles. The van der Waals surface area contributed by atoms with Gasteiger partial charge in [0.25, 0.3) is 0 Å². The number of benzene rings is 3. The molecule has 1 saturated heterocycles. The van der Waals surface area contributed by atoms with Crippen LogP contribution in [0.2, 0.25) is 0 Å². The summed E-state index contributed by atoms with van der Waals surface area (Å²) in [6.07, 6.45) is 2.09. The maximum Gasteiger partial charge on any atom is 0.235 e. The highest BCUT2D eigenvalue weighted by molar-refractivity contribution is 6.36. The Bertz CT molecular complexity index is 1340. The van der Waals surface area contributed by atoms with Crippen molar-refractivity contribution in [2.45, 2.75) is 35.4 Å². The fourth-order valence-corrected chi connectivity index (χ4v) is 7.53. The van der Waals surface area contributed by atoms with Crippen LogP contribution in [0.5, 0.6) is 0 Å². The summed E-state index contributed by atoms with van der Waals surface area (Å²) in [6, 6.07) is 20.7. The lowest BCUT2D eigenvalue weighted by atomic mass is 9.54. The molecule has 3 aromatic carbocycles. The monoisotopic (exact) mass is 550 g/mol. The molecule has 1 N–H and O–H groups in total. The quantitative estimate of drug-likeness (QED) is 0.225. The summed E-state index contributed by atoms with van der Waals surface area (Å²) >= 11 is 14.8. The number of carbonyl (C=O) groups excluding carboxylic acids is 3.